The van der Waals surface area contributed by atoms with Gasteiger partial charge in [-0.2, -0.15) is 0 Å². The first-order chi connectivity index (χ1) is 12.0. The van der Waals surface area contributed by atoms with E-state index in [-0.39, 0.29) is 22.8 Å². The van der Waals surface area contributed by atoms with Crippen LogP contribution in [0.4, 0.5) is 5.69 Å². The number of halogens is 1. The molecule has 2 aromatic carbocycles. The summed E-state index contributed by atoms with van der Waals surface area (Å²) in [7, 11) is 0. The maximum atomic E-state index is 12.9. The van der Waals surface area contributed by atoms with Gasteiger partial charge in [-0.05, 0) is 38.8 Å². The number of amidine groups is 1. The monoisotopic (exact) mass is 432 g/mol. The quantitative estimate of drug-likeness (QED) is 0.608. The van der Waals surface area contributed by atoms with E-state index in [0.29, 0.717) is 6.54 Å². The summed E-state index contributed by atoms with van der Waals surface area (Å²) in [6, 6.07) is 14.2. The van der Waals surface area contributed by atoms with Gasteiger partial charge in [0.25, 0.3) is 0 Å². The van der Waals surface area contributed by atoms with Gasteiger partial charge < -0.3 is 4.90 Å². The van der Waals surface area contributed by atoms with Gasteiger partial charge in [0.15, 0.2) is 11.0 Å². The second kappa shape index (κ2) is 9.38. The van der Waals surface area contributed by atoms with Crippen LogP contribution in [0, 0.1) is 20.8 Å². The highest BCUT2D eigenvalue weighted by molar-refractivity contribution is 8.93. The number of hydrogen-bond donors (Lipinski definition) is 0. The molecule has 0 spiro atoms. The van der Waals surface area contributed by atoms with Crippen LogP contribution in [-0.4, -0.2) is 29.8 Å². The van der Waals surface area contributed by atoms with Gasteiger partial charge in [0, 0.05) is 23.5 Å². The number of aliphatic imine (C=N–C) groups is 1. The molecule has 0 N–H and O–H groups in total. The second-order valence-corrected chi connectivity index (χ2v) is 7.59. The van der Waals surface area contributed by atoms with Gasteiger partial charge in [-0.3, -0.25) is 9.79 Å². The Balaban J connectivity index is 0.00000243. The van der Waals surface area contributed by atoms with Gasteiger partial charge in [0.05, 0.1) is 6.54 Å². The minimum Gasteiger partial charge on any atom is -0.313 e. The first-order valence-corrected chi connectivity index (χ1v) is 9.65. The van der Waals surface area contributed by atoms with Gasteiger partial charge in [-0.1, -0.05) is 59.3 Å². The van der Waals surface area contributed by atoms with Gasteiger partial charge in [0.1, 0.15) is 0 Å². The molecule has 0 atom stereocenters. The van der Waals surface area contributed by atoms with E-state index in [1.807, 2.05) is 31.2 Å². The van der Waals surface area contributed by atoms with Gasteiger partial charge in [-0.25, -0.2) is 0 Å². The number of carbonyl (C=O) groups excluding carboxylic acids is 1. The van der Waals surface area contributed by atoms with Crippen molar-refractivity contribution in [2.45, 2.75) is 27.2 Å². The SMILES string of the molecule is Br.Cc1ccc(C(=O)CN(C2=NCCCS2)c2ccc(C)cc2C)cc1. The van der Waals surface area contributed by atoms with Crippen LogP contribution in [-0.2, 0) is 0 Å². The van der Waals surface area contributed by atoms with E-state index >= 15 is 0 Å². The molecular weight excluding hydrogens is 408 g/mol. The van der Waals surface area contributed by atoms with E-state index in [2.05, 4.69) is 41.9 Å². The number of rotatable bonds is 4. The number of benzene rings is 2. The van der Waals surface area contributed by atoms with Crippen molar-refractivity contribution >= 4 is 45.4 Å². The molecule has 0 radical (unpaired) electrons. The van der Waals surface area contributed by atoms with Gasteiger partial charge >= 0.3 is 0 Å². The lowest BCUT2D eigenvalue weighted by Crippen LogP contribution is -2.36. The van der Waals surface area contributed by atoms with Crippen molar-refractivity contribution < 1.29 is 4.79 Å². The molecule has 0 bridgehead atoms. The topological polar surface area (TPSA) is 32.7 Å². The summed E-state index contributed by atoms with van der Waals surface area (Å²) in [4.78, 5) is 19.6. The Kier molecular flexibility index (Phi) is 7.47. The van der Waals surface area contributed by atoms with Crippen molar-refractivity contribution in [1.29, 1.82) is 0 Å². The Morgan fingerprint density at radius 2 is 1.77 bits per heavy atom. The summed E-state index contributed by atoms with van der Waals surface area (Å²) in [5.41, 5.74) is 5.38. The molecule has 0 fully saturated rings. The maximum Gasteiger partial charge on any atom is 0.182 e. The Morgan fingerprint density at radius 3 is 2.38 bits per heavy atom. The average molecular weight is 433 g/mol. The van der Waals surface area contributed by atoms with E-state index in [1.54, 1.807) is 11.8 Å². The number of aryl methyl sites for hydroxylation is 3. The van der Waals surface area contributed by atoms with Crippen LogP contribution in [0.25, 0.3) is 0 Å². The third-order valence-corrected chi connectivity index (χ3v) is 5.43. The largest absolute Gasteiger partial charge is 0.313 e. The van der Waals surface area contributed by atoms with Gasteiger partial charge in [-0.15, -0.1) is 17.0 Å². The highest BCUT2D eigenvalue weighted by Gasteiger charge is 2.21. The third-order valence-electron chi connectivity index (χ3n) is 4.33. The van der Waals surface area contributed by atoms with E-state index in [1.165, 1.54) is 11.1 Å². The Bertz CT molecular complexity index is 802. The molecule has 3 nitrogen and oxygen atoms in total. The minimum absolute atomic E-state index is 0. The maximum absolute atomic E-state index is 12.9. The number of carbonyl (C=O) groups is 1. The fourth-order valence-corrected chi connectivity index (χ4v) is 3.91. The van der Waals surface area contributed by atoms with Crippen molar-refractivity contribution in [3.05, 3.63) is 64.7 Å². The Morgan fingerprint density at radius 1 is 1.08 bits per heavy atom. The van der Waals surface area contributed by atoms with Crippen molar-refractivity contribution in [3.63, 3.8) is 0 Å². The summed E-state index contributed by atoms with van der Waals surface area (Å²) >= 11 is 1.74. The predicted molar refractivity (Wildman–Crippen MR) is 118 cm³/mol. The zero-order chi connectivity index (χ0) is 17.8. The molecule has 2 aromatic rings. The average Bonchev–Trinajstić information content (AvgIpc) is 2.61. The molecule has 1 heterocycles. The van der Waals surface area contributed by atoms with Crippen LogP contribution in [0.15, 0.2) is 47.5 Å². The van der Waals surface area contributed by atoms with Crippen molar-refractivity contribution in [3.8, 4) is 0 Å². The first-order valence-electron chi connectivity index (χ1n) is 8.66. The summed E-state index contributed by atoms with van der Waals surface area (Å²) < 4.78 is 0. The molecule has 5 heteroatoms. The van der Waals surface area contributed by atoms with Crippen LogP contribution >= 0.6 is 28.7 Å². The summed E-state index contributed by atoms with van der Waals surface area (Å²) in [6.45, 7) is 7.37. The van der Waals surface area contributed by atoms with Crippen molar-refractivity contribution in [2.24, 2.45) is 4.99 Å². The number of hydrogen-bond acceptors (Lipinski definition) is 4. The van der Waals surface area contributed by atoms with Crippen molar-refractivity contribution in [1.82, 2.24) is 0 Å². The molecule has 3 rings (SSSR count). The highest BCUT2D eigenvalue weighted by Crippen LogP contribution is 2.27. The van der Waals surface area contributed by atoms with Crippen molar-refractivity contribution in [2.75, 3.05) is 23.7 Å². The van der Waals surface area contributed by atoms with E-state index in [4.69, 9.17) is 0 Å². The Labute approximate surface area is 170 Å². The number of anilines is 1. The zero-order valence-electron chi connectivity index (χ0n) is 15.5. The summed E-state index contributed by atoms with van der Waals surface area (Å²) in [6.07, 6.45) is 1.10. The second-order valence-electron chi connectivity index (χ2n) is 6.53. The number of nitrogens with zero attached hydrogens (tertiary/aromatic N) is 2. The third kappa shape index (κ3) is 4.98. The fraction of sp³-hybridized carbons (Fsp3) is 0.333. The molecule has 26 heavy (non-hydrogen) atoms. The fourth-order valence-electron chi connectivity index (χ4n) is 2.95. The van der Waals surface area contributed by atoms with Crippen LogP contribution in [0.2, 0.25) is 0 Å². The molecule has 0 unspecified atom stereocenters. The molecular formula is C21H25BrN2OS. The van der Waals surface area contributed by atoms with E-state index < -0.39 is 0 Å². The zero-order valence-corrected chi connectivity index (χ0v) is 18.0. The lowest BCUT2D eigenvalue weighted by atomic mass is 10.1. The van der Waals surface area contributed by atoms with Crippen LogP contribution in [0.3, 0.4) is 0 Å². The normalized spacial score (nSPS) is 13.6. The molecule has 1 aliphatic rings. The Hall–Kier alpha value is -1.59. The lowest BCUT2D eigenvalue weighted by Gasteiger charge is -2.28. The molecule has 0 aliphatic carbocycles. The first kappa shape index (κ1) is 20.7. The van der Waals surface area contributed by atoms with Crippen LogP contribution < -0.4 is 4.90 Å². The molecule has 0 saturated carbocycles. The predicted octanol–water partition coefficient (Wildman–Crippen LogP) is 5.37. The summed E-state index contributed by atoms with van der Waals surface area (Å²) in [5, 5.41) is 0.957. The molecule has 1 aliphatic heterocycles. The number of thioether (sulfide) groups is 1. The van der Waals surface area contributed by atoms with Gasteiger partial charge in [0.2, 0.25) is 0 Å². The molecule has 0 aromatic heterocycles. The smallest absolute Gasteiger partial charge is 0.182 e. The van der Waals surface area contributed by atoms with E-state index in [9.17, 15) is 4.79 Å². The van der Waals surface area contributed by atoms with Crippen LogP contribution in [0.1, 0.15) is 33.5 Å². The standard InChI is InChI=1S/C21H24N2OS.BrH/c1-15-5-8-18(9-6-15)20(24)14-23(21-22-11-4-12-25-21)19-10-7-16(2)13-17(19)3;/h5-10,13H,4,11-12,14H2,1-3H3;1H. The molecule has 138 valence electrons. The van der Waals surface area contributed by atoms with Crippen LogP contribution in [0.5, 0.6) is 0 Å². The molecule has 0 saturated heterocycles. The molecule has 0 amide bonds. The van der Waals surface area contributed by atoms with E-state index in [0.717, 1.165) is 40.7 Å². The number of Topliss-reactive ketones (excluding diaryl/α,β-unsaturated/α-hetero) is 1. The highest BCUT2D eigenvalue weighted by atomic mass is 79.9. The minimum atomic E-state index is 0. The lowest BCUT2D eigenvalue weighted by molar-refractivity contribution is 0.100. The summed E-state index contributed by atoms with van der Waals surface area (Å²) in [5.74, 6) is 1.17. The number of ketones is 1.